The molecule has 0 unspecified atom stereocenters. The summed E-state index contributed by atoms with van der Waals surface area (Å²) in [5.41, 5.74) is 0. The molecule has 0 aliphatic carbocycles. The highest BCUT2D eigenvalue weighted by Gasteiger charge is 2.27. The van der Waals surface area contributed by atoms with Gasteiger partial charge in [-0.3, -0.25) is 9.79 Å². The highest BCUT2D eigenvalue weighted by molar-refractivity contribution is 7.88. The van der Waals surface area contributed by atoms with Gasteiger partial charge >= 0.3 is 5.97 Å². The number of carbonyl (C=O) groups is 1. The maximum Gasteiger partial charge on any atom is 0.309 e. The lowest BCUT2D eigenvalue weighted by Gasteiger charge is -2.33. The van der Waals surface area contributed by atoms with Crippen LogP contribution in [-0.2, 0) is 19.6 Å². The van der Waals surface area contributed by atoms with Gasteiger partial charge in [-0.2, -0.15) is 0 Å². The summed E-state index contributed by atoms with van der Waals surface area (Å²) in [6, 6.07) is 0. The molecule has 0 spiro atoms. The largest absolute Gasteiger partial charge is 0.466 e. The number of esters is 1. The third-order valence-electron chi connectivity index (χ3n) is 3.63. The maximum atomic E-state index is 11.7. The Balaban J connectivity index is 2.30. The third-order valence-corrected chi connectivity index (χ3v) is 4.36. The van der Waals surface area contributed by atoms with Crippen molar-refractivity contribution < 1.29 is 17.9 Å². The van der Waals surface area contributed by atoms with Crippen molar-refractivity contribution in [3.05, 3.63) is 0 Å². The molecule has 1 rings (SSSR count). The van der Waals surface area contributed by atoms with Crippen LogP contribution in [0.3, 0.4) is 0 Å². The second-order valence-corrected chi connectivity index (χ2v) is 7.34. The number of carbonyl (C=O) groups excluding carboxylic acids is 1. The van der Waals surface area contributed by atoms with Crippen molar-refractivity contribution in [2.75, 3.05) is 46.1 Å². The summed E-state index contributed by atoms with van der Waals surface area (Å²) in [7, 11) is -1.42. The van der Waals surface area contributed by atoms with Crippen LogP contribution in [0, 0.1) is 5.92 Å². The van der Waals surface area contributed by atoms with Gasteiger partial charge in [0.15, 0.2) is 5.96 Å². The molecule has 0 radical (unpaired) electrons. The van der Waals surface area contributed by atoms with Crippen LogP contribution in [-0.4, -0.2) is 71.3 Å². The topological polar surface area (TPSA) is 100 Å². The van der Waals surface area contributed by atoms with Gasteiger partial charge in [0.05, 0.1) is 18.8 Å². The fourth-order valence-corrected chi connectivity index (χ4v) is 2.98. The number of nitrogens with zero attached hydrogens (tertiary/aromatic N) is 2. The average Bonchev–Trinajstić information content (AvgIpc) is 2.50. The van der Waals surface area contributed by atoms with Gasteiger partial charge in [-0.15, -0.1) is 0 Å². The first kappa shape index (κ1) is 19.7. The van der Waals surface area contributed by atoms with Crippen molar-refractivity contribution in [3.63, 3.8) is 0 Å². The molecule has 2 N–H and O–H groups in total. The number of ether oxygens (including phenoxy) is 1. The van der Waals surface area contributed by atoms with Gasteiger partial charge in [-0.05, 0) is 26.2 Å². The molecule has 8 nitrogen and oxygen atoms in total. The molecule has 1 fully saturated rings. The summed E-state index contributed by atoms with van der Waals surface area (Å²) >= 11 is 0. The summed E-state index contributed by atoms with van der Waals surface area (Å²) < 4.78 is 29.4. The lowest BCUT2D eigenvalue weighted by atomic mass is 9.97. The standard InChI is InChI=1S/C14H28N4O4S/c1-4-22-13(19)12-6-10-18(11-7-12)14(15-2)16-8-5-9-17-23(3,20)21/h12,17H,4-11H2,1-3H3,(H,15,16). The van der Waals surface area contributed by atoms with Crippen molar-refractivity contribution in [2.24, 2.45) is 10.9 Å². The molecule has 1 saturated heterocycles. The molecule has 9 heteroatoms. The molecule has 0 atom stereocenters. The fourth-order valence-electron chi connectivity index (χ4n) is 2.47. The fraction of sp³-hybridized carbons (Fsp3) is 0.857. The maximum absolute atomic E-state index is 11.7. The Kier molecular flexibility index (Phi) is 8.32. The van der Waals surface area contributed by atoms with Crippen LogP contribution in [0.4, 0.5) is 0 Å². The van der Waals surface area contributed by atoms with E-state index in [0.717, 1.165) is 38.1 Å². The molecular formula is C14H28N4O4S. The number of guanidine groups is 1. The zero-order chi connectivity index (χ0) is 17.3. The summed E-state index contributed by atoms with van der Waals surface area (Å²) in [6.07, 6.45) is 3.34. The quantitative estimate of drug-likeness (QED) is 0.285. The number of piperidine rings is 1. The summed E-state index contributed by atoms with van der Waals surface area (Å²) in [4.78, 5) is 18.1. The summed E-state index contributed by atoms with van der Waals surface area (Å²) in [5, 5.41) is 3.22. The molecule has 0 aromatic heterocycles. The van der Waals surface area contributed by atoms with Crippen LogP contribution < -0.4 is 10.0 Å². The molecule has 1 heterocycles. The zero-order valence-electron chi connectivity index (χ0n) is 14.2. The lowest BCUT2D eigenvalue weighted by Crippen LogP contribution is -2.47. The van der Waals surface area contributed by atoms with Gasteiger partial charge in [0.25, 0.3) is 0 Å². The van der Waals surface area contributed by atoms with Crippen molar-refractivity contribution in [1.82, 2.24) is 14.9 Å². The second-order valence-electron chi connectivity index (χ2n) is 5.51. The average molecular weight is 348 g/mol. The van der Waals surface area contributed by atoms with Crippen molar-refractivity contribution in [2.45, 2.75) is 26.2 Å². The first-order valence-corrected chi connectivity index (χ1v) is 9.83. The normalized spacial score (nSPS) is 17.2. The van der Waals surface area contributed by atoms with Crippen LogP contribution in [0.2, 0.25) is 0 Å². The summed E-state index contributed by atoms with van der Waals surface area (Å²) in [5.74, 6) is 0.650. The van der Waals surface area contributed by atoms with Gasteiger partial charge in [-0.1, -0.05) is 0 Å². The van der Waals surface area contributed by atoms with E-state index in [9.17, 15) is 13.2 Å². The highest BCUT2D eigenvalue weighted by Crippen LogP contribution is 2.18. The Hall–Kier alpha value is -1.35. The van der Waals surface area contributed by atoms with E-state index in [1.807, 2.05) is 6.92 Å². The van der Waals surface area contributed by atoms with Crippen LogP contribution in [0.5, 0.6) is 0 Å². The predicted molar refractivity (Wildman–Crippen MR) is 89.8 cm³/mol. The zero-order valence-corrected chi connectivity index (χ0v) is 15.0. The molecule has 0 bridgehead atoms. The van der Waals surface area contributed by atoms with Crippen molar-refractivity contribution >= 4 is 22.0 Å². The van der Waals surface area contributed by atoms with Crippen molar-refractivity contribution in [1.29, 1.82) is 0 Å². The van der Waals surface area contributed by atoms with E-state index >= 15 is 0 Å². The Morgan fingerprint density at radius 2 is 1.96 bits per heavy atom. The number of hydrogen-bond acceptors (Lipinski definition) is 5. The van der Waals surface area contributed by atoms with E-state index in [-0.39, 0.29) is 11.9 Å². The van der Waals surface area contributed by atoms with E-state index in [2.05, 4.69) is 19.9 Å². The van der Waals surface area contributed by atoms with Crippen LogP contribution in [0.25, 0.3) is 0 Å². The van der Waals surface area contributed by atoms with E-state index in [1.165, 1.54) is 0 Å². The second kappa shape index (κ2) is 9.71. The van der Waals surface area contributed by atoms with Crippen LogP contribution in [0.1, 0.15) is 26.2 Å². The van der Waals surface area contributed by atoms with Gasteiger partial charge in [0.1, 0.15) is 0 Å². The minimum absolute atomic E-state index is 0.0248. The summed E-state index contributed by atoms with van der Waals surface area (Å²) in [6.45, 7) is 4.78. The molecule has 134 valence electrons. The molecular weight excluding hydrogens is 320 g/mol. The Bertz CT molecular complexity index is 499. The first-order chi connectivity index (χ1) is 10.9. The van der Waals surface area contributed by atoms with E-state index in [4.69, 9.17) is 4.74 Å². The Morgan fingerprint density at radius 3 is 2.48 bits per heavy atom. The Labute approximate surface area is 138 Å². The minimum atomic E-state index is -3.13. The van der Waals surface area contributed by atoms with Crippen molar-refractivity contribution in [3.8, 4) is 0 Å². The molecule has 23 heavy (non-hydrogen) atoms. The van der Waals surface area contributed by atoms with Gasteiger partial charge < -0.3 is 15.0 Å². The number of aliphatic imine (C=N–C) groups is 1. The third kappa shape index (κ3) is 7.65. The molecule has 1 aliphatic heterocycles. The smallest absolute Gasteiger partial charge is 0.309 e. The first-order valence-electron chi connectivity index (χ1n) is 7.94. The number of nitrogens with one attached hydrogen (secondary N) is 2. The van der Waals surface area contributed by atoms with E-state index < -0.39 is 10.0 Å². The van der Waals surface area contributed by atoms with Crippen LogP contribution >= 0.6 is 0 Å². The van der Waals surface area contributed by atoms with Gasteiger partial charge in [0, 0.05) is 33.2 Å². The van der Waals surface area contributed by atoms with Gasteiger partial charge in [0.2, 0.25) is 10.0 Å². The number of sulfonamides is 1. The van der Waals surface area contributed by atoms with E-state index in [1.54, 1.807) is 7.05 Å². The molecule has 0 aromatic rings. The van der Waals surface area contributed by atoms with Gasteiger partial charge in [-0.25, -0.2) is 13.1 Å². The molecule has 0 saturated carbocycles. The monoisotopic (exact) mass is 348 g/mol. The predicted octanol–water partition coefficient (Wildman–Crippen LogP) is -0.224. The lowest BCUT2D eigenvalue weighted by molar-refractivity contribution is -0.149. The molecule has 1 aliphatic rings. The number of likely N-dealkylation sites (tertiary alicyclic amines) is 1. The molecule has 0 amide bonds. The highest BCUT2D eigenvalue weighted by atomic mass is 32.2. The number of hydrogen-bond donors (Lipinski definition) is 2. The SMILES string of the molecule is CCOC(=O)C1CCN(C(=NC)NCCCNS(C)(=O)=O)CC1. The van der Waals surface area contributed by atoms with Crippen LogP contribution in [0.15, 0.2) is 4.99 Å². The molecule has 0 aromatic carbocycles. The van der Waals surface area contributed by atoms with E-state index in [0.29, 0.717) is 26.1 Å². The number of rotatable bonds is 7. The Morgan fingerprint density at radius 1 is 1.30 bits per heavy atom. The minimum Gasteiger partial charge on any atom is -0.466 e.